The summed E-state index contributed by atoms with van der Waals surface area (Å²) in [6.45, 7) is 0.840. The van der Waals surface area contributed by atoms with Gasteiger partial charge in [0.1, 0.15) is 10.3 Å². The molecule has 0 N–H and O–H groups in total. The van der Waals surface area contributed by atoms with E-state index in [1.165, 1.54) is 15.6 Å². The molecule has 3 heterocycles. The molecule has 0 amide bonds. The van der Waals surface area contributed by atoms with Gasteiger partial charge in [-0.2, -0.15) is 9.40 Å². The van der Waals surface area contributed by atoms with Gasteiger partial charge in [0.2, 0.25) is 5.88 Å². The van der Waals surface area contributed by atoms with Crippen molar-refractivity contribution in [2.75, 3.05) is 13.1 Å². The Kier molecular flexibility index (Phi) is 4.76. The lowest BCUT2D eigenvalue weighted by molar-refractivity contribution is 0.123. The van der Waals surface area contributed by atoms with Crippen LogP contribution in [0.5, 0.6) is 5.88 Å². The van der Waals surface area contributed by atoms with E-state index in [0.717, 1.165) is 16.6 Å². The largest absolute Gasteiger partial charge is 0.472 e. The van der Waals surface area contributed by atoms with E-state index >= 15 is 0 Å². The van der Waals surface area contributed by atoms with Crippen LogP contribution < -0.4 is 4.74 Å². The molecule has 6 nitrogen and oxygen atoms in total. The number of thiophene rings is 1. The van der Waals surface area contributed by atoms with Crippen LogP contribution in [0.4, 0.5) is 0 Å². The van der Waals surface area contributed by atoms with Crippen molar-refractivity contribution in [2.24, 2.45) is 0 Å². The van der Waals surface area contributed by atoms with Crippen LogP contribution in [-0.4, -0.2) is 42.1 Å². The molecule has 1 fully saturated rings. The van der Waals surface area contributed by atoms with Gasteiger partial charge in [-0.1, -0.05) is 0 Å². The van der Waals surface area contributed by atoms with E-state index in [2.05, 4.69) is 26.1 Å². The zero-order valence-corrected chi connectivity index (χ0v) is 14.8. The molecule has 1 atom stereocenters. The first-order chi connectivity index (χ1) is 10.6. The van der Waals surface area contributed by atoms with Crippen molar-refractivity contribution in [3.05, 3.63) is 34.2 Å². The number of halogens is 1. The molecular formula is C13H14BrN3O3S2. The van der Waals surface area contributed by atoms with Crippen molar-refractivity contribution in [1.82, 2.24) is 14.5 Å². The molecule has 0 bridgehead atoms. The average Bonchev–Trinajstić information content (AvgIpc) is 2.96. The molecule has 1 saturated heterocycles. The number of hydrogen-bond acceptors (Lipinski definition) is 6. The molecule has 1 unspecified atom stereocenters. The van der Waals surface area contributed by atoms with Gasteiger partial charge in [-0.3, -0.25) is 0 Å². The van der Waals surface area contributed by atoms with E-state index in [0.29, 0.717) is 23.2 Å². The Hall–Kier alpha value is -1.03. The minimum Gasteiger partial charge on any atom is -0.472 e. The number of hydrogen-bond donors (Lipinski definition) is 0. The summed E-state index contributed by atoms with van der Waals surface area (Å²) in [5, 5.41) is 7.64. The van der Waals surface area contributed by atoms with Crippen molar-refractivity contribution in [3.63, 3.8) is 0 Å². The van der Waals surface area contributed by atoms with Crippen LogP contribution in [0.2, 0.25) is 0 Å². The molecule has 1 aliphatic rings. The van der Waals surface area contributed by atoms with E-state index in [9.17, 15) is 8.42 Å². The van der Waals surface area contributed by atoms with Crippen LogP contribution in [0.15, 0.2) is 38.5 Å². The number of nitrogens with zero attached hydrogens (tertiary/aromatic N) is 3. The number of ether oxygens (including phenoxy) is 1. The smallest absolute Gasteiger partial charge is 0.252 e. The maximum atomic E-state index is 12.6. The van der Waals surface area contributed by atoms with Crippen molar-refractivity contribution < 1.29 is 13.2 Å². The van der Waals surface area contributed by atoms with E-state index in [4.69, 9.17) is 4.74 Å². The fraction of sp³-hybridized carbons (Fsp3) is 0.385. The second-order valence-corrected chi connectivity index (χ2v) is 9.49. The molecule has 0 saturated carbocycles. The molecule has 2 aromatic heterocycles. The third-order valence-electron chi connectivity index (χ3n) is 3.32. The molecule has 22 heavy (non-hydrogen) atoms. The van der Waals surface area contributed by atoms with Crippen molar-refractivity contribution >= 4 is 37.3 Å². The molecule has 3 rings (SSSR count). The van der Waals surface area contributed by atoms with Gasteiger partial charge >= 0.3 is 0 Å². The maximum Gasteiger partial charge on any atom is 0.252 e. The molecule has 118 valence electrons. The normalized spacial score (nSPS) is 20.0. The van der Waals surface area contributed by atoms with Gasteiger partial charge in [-0.05, 0) is 47.0 Å². The first-order valence-corrected chi connectivity index (χ1v) is 9.80. The summed E-state index contributed by atoms with van der Waals surface area (Å²) in [5.74, 6) is 0.422. The van der Waals surface area contributed by atoms with Gasteiger partial charge in [0.05, 0.1) is 10.3 Å². The first-order valence-electron chi connectivity index (χ1n) is 6.75. The zero-order valence-electron chi connectivity index (χ0n) is 11.6. The maximum absolute atomic E-state index is 12.6. The summed E-state index contributed by atoms with van der Waals surface area (Å²) in [6, 6.07) is 6.83. The van der Waals surface area contributed by atoms with Gasteiger partial charge in [0, 0.05) is 18.8 Å². The fourth-order valence-corrected chi connectivity index (χ4v) is 5.98. The van der Waals surface area contributed by atoms with E-state index in [-0.39, 0.29) is 6.10 Å². The lowest BCUT2D eigenvalue weighted by Crippen LogP contribution is -2.44. The average molecular weight is 404 g/mol. The van der Waals surface area contributed by atoms with E-state index < -0.39 is 10.0 Å². The highest BCUT2D eigenvalue weighted by atomic mass is 79.9. The Bertz CT molecular complexity index is 736. The highest BCUT2D eigenvalue weighted by molar-refractivity contribution is 9.11. The monoisotopic (exact) mass is 403 g/mol. The van der Waals surface area contributed by atoms with Crippen molar-refractivity contribution in [2.45, 2.75) is 23.2 Å². The SMILES string of the molecule is O=S(=O)(c1ccc(Br)s1)N1CCCC(Oc2cccnn2)C1. The predicted molar refractivity (Wildman–Crippen MR) is 86.5 cm³/mol. The number of piperidine rings is 1. The second kappa shape index (κ2) is 6.61. The summed E-state index contributed by atoms with van der Waals surface area (Å²) < 4.78 is 33.6. The summed E-state index contributed by atoms with van der Waals surface area (Å²) in [6.07, 6.45) is 2.93. The fourth-order valence-electron chi connectivity index (χ4n) is 2.30. The first kappa shape index (κ1) is 15.9. The highest BCUT2D eigenvalue weighted by Crippen LogP contribution is 2.30. The molecule has 0 aromatic carbocycles. The van der Waals surface area contributed by atoms with Crippen molar-refractivity contribution in [1.29, 1.82) is 0 Å². The molecule has 9 heteroatoms. The van der Waals surface area contributed by atoms with Gasteiger partial charge in [0.15, 0.2) is 0 Å². The summed E-state index contributed by atoms with van der Waals surface area (Å²) in [5.41, 5.74) is 0. The van der Waals surface area contributed by atoms with Gasteiger partial charge in [-0.25, -0.2) is 8.42 Å². The Balaban J connectivity index is 1.73. The molecule has 1 aliphatic heterocycles. The van der Waals surface area contributed by atoms with Gasteiger partial charge < -0.3 is 4.74 Å². The van der Waals surface area contributed by atoms with Crippen LogP contribution in [0.3, 0.4) is 0 Å². The number of sulfonamides is 1. The zero-order chi connectivity index (χ0) is 15.6. The molecular weight excluding hydrogens is 390 g/mol. The van der Waals surface area contributed by atoms with Crippen LogP contribution in [0.25, 0.3) is 0 Å². The third kappa shape index (κ3) is 3.48. The quantitative estimate of drug-likeness (QED) is 0.783. The second-order valence-electron chi connectivity index (χ2n) is 4.87. The Labute approximate surface area is 141 Å². The standard InChI is InChI=1S/C13H14BrN3O3S2/c14-11-5-6-13(21-11)22(18,19)17-8-2-3-10(9-17)20-12-4-1-7-15-16-12/h1,4-7,10H,2-3,8-9H2. The molecule has 2 aromatic rings. The van der Waals surface area contributed by atoms with Crippen LogP contribution >= 0.6 is 27.3 Å². The Morgan fingerprint density at radius 3 is 2.91 bits per heavy atom. The summed E-state index contributed by atoms with van der Waals surface area (Å²) >= 11 is 4.52. The lowest BCUT2D eigenvalue weighted by atomic mass is 10.1. The highest BCUT2D eigenvalue weighted by Gasteiger charge is 2.32. The summed E-state index contributed by atoms with van der Waals surface area (Å²) in [7, 11) is -3.46. The van der Waals surface area contributed by atoms with Crippen LogP contribution in [-0.2, 0) is 10.0 Å². The third-order valence-corrected chi connectivity index (χ3v) is 7.28. The molecule has 0 aliphatic carbocycles. The van der Waals surface area contributed by atoms with Crippen LogP contribution in [0.1, 0.15) is 12.8 Å². The minimum atomic E-state index is -3.46. The van der Waals surface area contributed by atoms with Crippen LogP contribution in [0, 0.1) is 0 Å². The summed E-state index contributed by atoms with van der Waals surface area (Å²) in [4.78, 5) is 0. The molecule has 0 radical (unpaired) electrons. The minimum absolute atomic E-state index is 0.205. The van der Waals surface area contributed by atoms with E-state index in [1.54, 1.807) is 30.5 Å². The number of aromatic nitrogens is 2. The van der Waals surface area contributed by atoms with Gasteiger partial charge in [-0.15, -0.1) is 16.4 Å². The molecule has 0 spiro atoms. The Morgan fingerprint density at radius 2 is 2.23 bits per heavy atom. The predicted octanol–water partition coefficient (Wildman–Crippen LogP) is 2.53. The lowest BCUT2D eigenvalue weighted by Gasteiger charge is -2.31. The van der Waals surface area contributed by atoms with E-state index in [1.807, 2.05) is 0 Å². The topological polar surface area (TPSA) is 72.4 Å². The number of rotatable bonds is 4. The Morgan fingerprint density at radius 1 is 1.36 bits per heavy atom. The van der Waals surface area contributed by atoms with Gasteiger partial charge in [0.25, 0.3) is 10.0 Å². The van der Waals surface area contributed by atoms with Crippen molar-refractivity contribution in [3.8, 4) is 5.88 Å².